The Balaban J connectivity index is 0.000000587. The first-order valence-electron chi connectivity index (χ1n) is 13.1. The molecule has 1 aromatic heterocycles. The van der Waals surface area contributed by atoms with E-state index in [2.05, 4.69) is 45.1 Å². The number of benzene rings is 2. The lowest BCUT2D eigenvalue weighted by Gasteiger charge is -2.28. The molecule has 1 fully saturated rings. The Bertz CT molecular complexity index is 1410. The van der Waals surface area contributed by atoms with E-state index in [1.54, 1.807) is 24.3 Å². The van der Waals surface area contributed by atoms with Gasteiger partial charge in [0.15, 0.2) is 0 Å². The van der Waals surface area contributed by atoms with Gasteiger partial charge in [0.1, 0.15) is 5.82 Å². The van der Waals surface area contributed by atoms with Crippen LogP contribution in [0.15, 0.2) is 57.9 Å². The zero-order chi connectivity index (χ0) is 30.2. The molecule has 1 aliphatic rings. The van der Waals surface area contributed by atoms with E-state index in [1.165, 1.54) is 0 Å². The molecular weight excluding hydrogens is 627 g/mol. The van der Waals surface area contributed by atoms with Crippen LogP contribution in [0.2, 0.25) is 0 Å². The van der Waals surface area contributed by atoms with Gasteiger partial charge in [-0.1, -0.05) is 28.1 Å². The van der Waals surface area contributed by atoms with E-state index in [9.17, 15) is 21.6 Å². The van der Waals surface area contributed by atoms with Crippen LogP contribution in [0.5, 0.6) is 0 Å². The number of carboxylic acids is 1. The number of carboxylic acid groups (broad SMARTS) is 1. The molecule has 224 valence electrons. The molecule has 0 atom stereocenters. The molecule has 9 nitrogen and oxygen atoms in total. The normalized spacial score (nSPS) is 17.5. The molecule has 4 rings (SSSR count). The highest BCUT2D eigenvalue weighted by atomic mass is 79.9. The molecular formula is C27H33BrF3N5O4S. The van der Waals surface area contributed by atoms with Gasteiger partial charge in [0.2, 0.25) is 16.0 Å². The average molecular weight is 661 g/mol. The lowest BCUT2D eigenvalue weighted by molar-refractivity contribution is -0.192. The van der Waals surface area contributed by atoms with Crippen molar-refractivity contribution in [2.75, 3.05) is 23.7 Å². The van der Waals surface area contributed by atoms with Crippen LogP contribution in [0, 0.1) is 11.8 Å². The van der Waals surface area contributed by atoms with E-state index >= 15 is 0 Å². The highest BCUT2D eigenvalue weighted by molar-refractivity contribution is 9.10. The Labute approximate surface area is 245 Å². The van der Waals surface area contributed by atoms with Crippen LogP contribution in [-0.2, 0) is 14.8 Å². The van der Waals surface area contributed by atoms with E-state index in [4.69, 9.17) is 19.9 Å². The van der Waals surface area contributed by atoms with Crippen LogP contribution in [0.3, 0.4) is 0 Å². The second-order valence-corrected chi connectivity index (χ2v) is 12.8. The van der Waals surface area contributed by atoms with Crippen LogP contribution in [-0.4, -0.2) is 54.8 Å². The Morgan fingerprint density at radius 3 is 2.12 bits per heavy atom. The third-order valence-electron chi connectivity index (χ3n) is 6.47. The summed E-state index contributed by atoms with van der Waals surface area (Å²) in [5.41, 5.74) is 0.921. The van der Waals surface area contributed by atoms with E-state index in [0.717, 1.165) is 53.4 Å². The molecule has 0 saturated heterocycles. The molecule has 2 aromatic carbocycles. The number of hydrogen-bond acceptors (Lipinski definition) is 7. The van der Waals surface area contributed by atoms with Crippen molar-refractivity contribution < 1.29 is 31.5 Å². The van der Waals surface area contributed by atoms with Gasteiger partial charge in [-0.2, -0.15) is 18.2 Å². The summed E-state index contributed by atoms with van der Waals surface area (Å²) >= 11 is 3.34. The molecule has 0 unspecified atom stereocenters. The van der Waals surface area contributed by atoms with Gasteiger partial charge in [-0.3, -0.25) is 0 Å². The van der Waals surface area contributed by atoms with E-state index in [1.807, 2.05) is 24.3 Å². The zero-order valence-electron chi connectivity index (χ0n) is 22.6. The first-order chi connectivity index (χ1) is 19.2. The minimum absolute atomic E-state index is 0.280. The fraction of sp³-hybridized carbons (Fsp3) is 0.444. The van der Waals surface area contributed by atoms with Crippen molar-refractivity contribution in [1.29, 1.82) is 0 Å². The minimum atomic E-state index is -5.08. The van der Waals surface area contributed by atoms with E-state index in [-0.39, 0.29) is 6.04 Å². The molecule has 1 aliphatic carbocycles. The molecule has 0 amide bonds. The van der Waals surface area contributed by atoms with Crippen molar-refractivity contribution in [1.82, 2.24) is 14.7 Å². The smallest absolute Gasteiger partial charge is 0.475 e. The maximum atomic E-state index is 12.5. The minimum Gasteiger partial charge on any atom is -0.475 e. The number of alkyl halides is 3. The number of para-hydroxylation sites is 1. The molecule has 1 heterocycles. The molecule has 0 radical (unpaired) electrons. The molecule has 0 bridgehead atoms. The van der Waals surface area contributed by atoms with Crippen LogP contribution in [0.25, 0.3) is 10.9 Å². The average Bonchev–Trinajstić information content (AvgIpc) is 2.91. The number of aromatic nitrogens is 2. The van der Waals surface area contributed by atoms with Crippen molar-refractivity contribution in [3.8, 4) is 0 Å². The van der Waals surface area contributed by atoms with Gasteiger partial charge in [-0.05, 0) is 87.8 Å². The Hall–Kier alpha value is -2.97. The lowest BCUT2D eigenvalue weighted by Crippen LogP contribution is -2.32. The Morgan fingerprint density at radius 1 is 1.00 bits per heavy atom. The Kier molecular flexibility index (Phi) is 11.3. The third-order valence-corrected chi connectivity index (χ3v) is 8.44. The molecule has 0 aliphatic heterocycles. The molecule has 3 aromatic rings. The van der Waals surface area contributed by atoms with Crippen molar-refractivity contribution >= 4 is 54.6 Å². The number of carbonyl (C=O) groups is 1. The van der Waals surface area contributed by atoms with Gasteiger partial charge in [0, 0.05) is 29.0 Å². The maximum Gasteiger partial charge on any atom is 0.490 e. The van der Waals surface area contributed by atoms with Gasteiger partial charge in [-0.25, -0.2) is 22.9 Å². The predicted octanol–water partition coefficient (Wildman–Crippen LogP) is 6.04. The van der Waals surface area contributed by atoms with Crippen molar-refractivity contribution in [3.63, 3.8) is 0 Å². The monoisotopic (exact) mass is 659 g/mol. The number of rotatable bonds is 9. The highest BCUT2D eigenvalue weighted by Crippen LogP contribution is 2.29. The number of anilines is 2. The summed E-state index contributed by atoms with van der Waals surface area (Å²) in [6, 6.07) is 15.0. The first-order valence-corrected chi connectivity index (χ1v) is 15.3. The summed E-state index contributed by atoms with van der Waals surface area (Å²) in [4.78, 5) is 18.6. The maximum absolute atomic E-state index is 12.5. The number of hydrogen-bond donors (Lipinski definition) is 4. The summed E-state index contributed by atoms with van der Waals surface area (Å²) in [6.45, 7) is 5.50. The number of sulfonamides is 1. The molecule has 1 saturated carbocycles. The third kappa shape index (κ3) is 10.1. The van der Waals surface area contributed by atoms with E-state index < -0.39 is 22.2 Å². The van der Waals surface area contributed by atoms with Gasteiger partial charge >= 0.3 is 12.1 Å². The fourth-order valence-corrected chi connectivity index (χ4v) is 5.72. The number of fused-ring (bicyclic) bond motifs is 1. The van der Waals surface area contributed by atoms with Crippen LogP contribution < -0.4 is 15.4 Å². The lowest BCUT2D eigenvalue weighted by atomic mass is 9.82. The van der Waals surface area contributed by atoms with Gasteiger partial charge < -0.3 is 15.7 Å². The van der Waals surface area contributed by atoms with Crippen molar-refractivity contribution in [2.45, 2.75) is 56.6 Å². The molecule has 41 heavy (non-hydrogen) atoms. The number of halogens is 4. The quantitative estimate of drug-likeness (QED) is 0.218. The Morgan fingerprint density at radius 2 is 1.56 bits per heavy atom. The zero-order valence-corrected chi connectivity index (χ0v) is 25.0. The predicted molar refractivity (Wildman–Crippen MR) is 155 cm³/mol. The number of nitrogens with zero attached hydrogens (tertiary/aromatic N) is 2. The van der Waals surface area contributed by atoms with Crippen LogP contribution in [0.4, 0.5) is 24.9 Å². The molecule has 14 heteroatoms. The van der Waals surface area contributed by atoms with Crippen LogP contribution >= 0.6 is 15.9 Å². The van der Waals surface area contributed by atoms with Crippen molar-refractivity contribution in [3.05, 3.63) is 53.0 Å². The molecule has 4 N–H and O–H groups in total. The van der Waals surface area contributed by atoms with Gasteiger partial charge in [-0.15, -0.1) is 0 Å². The van der Waals surface area contributed by atoms with Gasteiger partial charge in [0.05, 0.1) is 10.4 Å². The molecule has 0 spiro atoms. The summed E-state index contributed by atoms with van der Waals surface area (Å²) in [5, 5.41) is 15.0. The summed E-state index contributed by atoms with van der Waals surface area (Å²) in [7, 11) is -3.47. The summed E-state index contributed by atoms with van der Waals surface area (Å²) in [5.74, 6) is -0.375. The van der Waals surface area contributed by atoms with Crippen molar-refractivity contribution in [2.24, 2.45) is 11.8 Å². The van der Waals surface area contributed by atoms with Crippen LogP contribution in [0.1, 0.15) is 39.5 Å². The number of aliphatic carboxylic acids is 1. The highest BCUT2D eigenvalue weighted by Gasteiger charge is 2.38. The summed E-state index contributed by atoms with van der Waals surface area (Å²) in [6.07, 6.45) is -0.952. The van der Waals surface area contributed by atoms with E-state index in [0.29, 0.717) is 29.2 Å². The second kappa shape index (κ2) is 14.3. The SMILES string of the molecule is CC(C)Nc1nc(NCC2CCC(CNS(=O)(=O)c3ccc(Br)cc3)CC2)nc2ccccc12.O=C(O)C(F)(F)F. The van der Waals surface area contributed by atoms with Gasteiger partial charge in [0.25, 0.3) is 0 Å². The topological polar surface area (TPSA) is 133 Å². The standard InChI is InChI=1S/C25H32BrN5O2S.C2HF3O2/c1-17(2)29-24-22-5-3-4-6-23(22)30-25(31-24)27-15-18-7-9-19(10-8-18)16-28-34(32,33)21-13-11-20(26)12-14-21;3-2(4,5)1(6)7/h3-6,11-14,17-19,28H,7-10,15-16H2,1-2H3,(H2,27,29,30,31);(H,6,7). The largest absolute Gasteiger partial charge is 0.490 e. The first kappa shape index (κ1) is 32.5. The fourth-order valence-electron chi connectivity index (χ4n) is 4.34. The summed E-state index contributed by atoms with van der Waals surface area (Å²) < 4.78 is 60.5. The second-order valence-electron chi connectivity index (χ2n) is 10.1. The number of nitrogens with one attached hydrogen (secondary N) is 3.